The number of rotatable bonds is 4. The molecule has 0 aliphatic heterocycles. The fourth-order valence-corrected chi connectivity index (χ4v) is 1.76. The lowest BCUT2D eigenvalue weighted by Gasteiger charge is -2.12. The number of imide groups is 1. The third-order valence-electron chi connectivity index (χ3n) is 2.79. The quantitative estimate of drug-likeness (QED) is 0.899. The Morgan fingerprint density at radius 1 is 0.905 bits per heavy atom. The lowest BCUT2D eigenvalue weighted by atomic mass is 10.1. The summed E-state index contributed by atoms with van der Waals surface area (Å²) in [5.41, 5.74) is 0.953. The largest absolute Gasteiger partial charge is 0.323 e. The maximum Gasteiger partial charge on any atom is 0.322 e. The molecule has 5 heteroatoms. The third-order valence-corrected chi connectivity index (χ3v) is 2.79. The highest BCUT2D eigenvalue weighted by molar-refractivity contribution is 6.04. The maximum atomic E-state index is 11.8. The molecule has 1 unspecified atom stereocenters. The molecule has 2 aromatic rings. The van der Waals surface area contributed by atoms with E-state index in [1.54, 1.807) is 66.9 Å². The van der Waals surface area contributed by atoms with Gasteiger partial charge in [-0.3, -0.25) is 14.9 Å². The number of hydrogen-bond donors (Lipinski definition) is 2. The third kappa shape index (κ3) is 4.01. The summed E-state index contributed by atoms with van der Waals surface area (Å²) in [6.07, 6.45) is 1.73. The summed E-state index contributed by atoms with van der Waals surface area (Å²) in [7, 11) is 0. The molecule has 1 atom stereocenters. The van der Waals surface area contributed by atoms with Crippen molar-refractivity contribution >= 4 is 18.2 Å². The van der Waals surface area contributed by atoms with E-state index < -0.39 is 18.0 Å². The SMILES string of the molecule is O=[C]C(NC(=O)NC(=O)c1ccccc1)c1ccccc1. The van der Waals surface area contributed by atoms with Crippen molar-refractivity contribution < 1.29 is 14.4 Å². The van der Waals surface area contributed by atoms with Crippen LogP contribution < -0.4 is 10.6 Å². The first kappa shape index (κ1) is 14.5. The van der Waals surface area contributed by atoms with Gasteiger partial charge in [0.15, 0.2) is 0 Å². The predicted molar refractivity (Wildman–Crippen MR) is 77.3 cm³/mol. The van der Waals surface area contributed by atoms with E-state index in [1.165, 1.54) is 0 Å². The van der Waals surface area contributed by atoms with Crippen molar-refractivity contribution in [3.63, 3.8) is 0 Å². The van der Waals surface area contributed by atoms with Crippen LogP contribution in [0.1, 0.15) is 22.0 Å². The van der Waals surface area contributed by atoms with Crippen LogP contribution in [0.15, 0.2) is 60.7 Å². The van der Waals surface area contributed by atoms with Crippen LogP contribution >= 0.6 is 0 Å². The highest BCUT2D eigenvalue weighted by Gasteiger charge is 2.16. The van der Waals surface area contributed by atoms with E-state index in [0.717, 1.165) is 0 Å². The summed E-state index contributed by atoms with van der Waals surface area (Å²) in [5, 5.41) is 4.55. The molecule has 0 saturated carbocycles. The summed E-state index contributed by atoms with van der Waals surface area (Å²) in [6.45, 7) is 0. The Bertz CT molecular complexity index is 626. The summed E-state index contributed by atoms with van der Waals surface area (Å²) in [5.74, 6) is -0.536. The number of benzene rings is 2. The fourth-order valence-electron chi connectivity index (χ4n) is 1.76. The van der Waals surface area contributed by atoms with Gasteiger partial charge in [-0.15, -0.1) is 0 Å². The first-order valence-electron chi connectivity index (χ1n) is 6.30. The van der Waals surface area contributed by atoms with Crippen LogP contribution in [0.5, 0.6) is 0 Å². The van der Waals surface area contributed by atoms with Gasteiger partial charge in [0.25, 0.3) is 5.91 Å². The Morgan fingerprint density at radius 2 is 1.48 bits per heavy atom. The highest BCUT2D eigenvalue weighted by Crippen LogP contribution is 2.09. The molecule has 3 amide bonds. The van der Waals surface area contributed by atoms with Crippen LogP contribution in [-0.2, 0) is 4.79 Å². The summed E-state index contributed by atoms with van der Waals surface area (Å²) >= 11 is 0. The van der Waals surface area contributed by atoms with Crippen molar-refractivity contribution in [1.29, 1.82) is 0 Å². The van der Waals surface area contributed by atoms with E-state index in [2.05, 4.69) is 10.6 Å². The second kappa shape index (κ2) is 7.00. The maximum absolute atomic E-state index is 11.8. The van der Waals surface area contributed by atoms with Gasteiger partial charge in [0, 0.05) is 5.56 Å². The minimum Gasteiger partial charge on any atom is -0.323 e. The Morgan fingerprint density at radius 3 is 2.05 bits per heavy atom. The molecular formula is C16H13N2O3. The van der Waals surface area contributed by atoms with Gasteiger partial charge >= 0.3 is 6.03 Å². The minimum absolute atomic E-state index is 0.360. The highest BCUT2D eigenvalue weighted by atomic mass is 16.2. The molecule has 2 N–H and O–H groups in total. The van der Waals surface area contributed by atoms with Gasteiger partial charge in [0.2, 0.25) is 6.29 Å². The van der Waals surface area contributed by atoms with E-state index >= 15 is 0 Å². The van der Waals surface area contributed by atoms with Crippen LogP contribution in [0, 0.1) is 0 Å². The second-order valence-corrected chi connectivity index (χ2v) is 4.26. The van der Waals surface area contributed by atoms with Crippen molar-refractivity contribution in [2.75, 3.05) is 0 Å². The standard InChI is InChI=1S/C16H13N2O3/c19-11-14(12-7-3-1-4-8-12)17-16(21)18-15(20)13-9-5-2-6-10-13/h1-10,14H,(H2,17,18,20,21). The van der Waals surface area contributed by atoms with Gasteiger partial charge < -0.3 is 5.32 Å². The molecule has 105 valence electrons. The van der Waals surface area contributed by atoms with E-state index in [4.69, 9.17) is 0 Å². The van der Waals surface area contributed by atoms with E-state index in [0.29, 0.717) is 11.1 Å². The number of carbonyl (C=O) groups is 2. The molecule has 0 heterocycles. The molecule has 2 aromatic carbocycles. The van der Waals surface area contributed by atoms with Gasteiger partial charge in [-0.2, -0.15) is 0 Å². The van der Waals surface area contributed by atoms with Gasteiger partial charge in [0.1, 0.15) is 6.04 Å². The molecule has 1 radical (unpaired) electrons. The average molecular weight is 281 g/mol. The van der Waals surface area contributed by atoms with Crippen molar-refractivity contribution in [2.45, 2.75) is 6.04 Å². The zero-order valence-corrected chi connectivity index (χ0v) is 11.1. The fraction of sp³-hybridized carbons (Fsp3) is 0.0625. The molecule has 0 aliphatic rings. The number of amides is 3. The molecule has 0 saturated heterocycles. The summed E-state index contributed by atoms with van der Waals surface area (Å²) in [4.78, 5) is 34.5. The van der Waals surface area contributed by atoms with E-state index in [-0.39, 0.29) is 0 Å². The Balaban J connectivity index is 1.98. The van der Waals surface area contributed by atoms with Gasteiger partial charge in [-0.1, -0.05) is 48.5 Å². The van der Waals surface area contributed by atoms with Crippen molar-refractivity contribution in [3.8, 4) is 0 Å². The van der Waals surface area contributed by atoms with Crippen LogP contribution in [0.4, 0.5) is 4.79 Å². The number of urea groups is 1. The van der Waals surface area contributed by atoms with Crippen LogP contribution in [0.25, 0.3) is 0 Å². The van der Waals surface area contributed by atoms with Gasteiger partial charge in [-0.05, 0) is 17.7 Å². The first-order chi connectivity index (χ1) is 10.2. The number of carbonyl (C=O) groups excluding carboxylic acids is 3. The predicted octanol–water partition coefficient (Wildman–Crippen LogP) is 1.98. The molecule has 2 rings (SSSR count). The molecule has 21 heavy (non-hydrogen) atoms. The Kier molecular flexibility index (Phi) is 4.82. The van der Waals surface area contributed by atoms with Crippen molar-refractivity contribution in [2.24, 2.45) is 0 Å². The zero-order valence-electron chi connectivity index (χ0n) is 11.1. The second-order valence-electron chi connectivity index (χ2n) is 4.26. The minimum atomic E-state index is -0.922. The first-order valence-corrected chi connectivity index (χ1v) is 6.30. The molecule has 0 bridgehead atoms. The molecule has 5 nitrogen and oxygen atoms in total. The van der Waals surface area contributed by atoms with Crippen molar-refractivity contribution in [3.05, 3.63) is 71.8 Å². The monoisotopic (exact) mass is 281 g/mol. The number of hydrogen-bond acceptors (Lipinski definition) is 3. The topological polar surface area (TPSA) is 75.3 Å². The van der Waals surface area contributed by atoms with Crippen LogP contribution in [0.2, 0.25) is 0 Å². The molecule has 0 aliphatic carbocycles. The Hall–Kier alpha value is -2.95. The van der Waals surface area contributed by atoms with Crippen LogP contribution in [-0.4, -0.2) is 18.2 Å². The zero-order chi connectivity index (χ0) is 15.1. The normalized spacial score (nSPS) is 11.2. The van der Waals surface area contributed by atoms with Gasteiger partial charge in [0.05, 0.1) is 0 Å². The smallest absolute Gasteiger partial charge is 0.322 e. The molecular weight excluding hydrogens is 268 g/mol. The summed E-state index contributed by atoms with van der Waals surface area (Å²) in [6, 6.07) is 15.3. The summed E-state index contributed by atoms with van der Waals surface area (Å²) < 4.78 is 0. The van der Waals surface area contributed by atoms with E-state index in [1.807, 2.05) is 0 Å². The lowest BCUT2D eigenvalue weighted by molar-refractivity contribution is 0.0963. The lowest BCUT2D eigenvalue weighted by Crippen LogP contribution is -2.41. The average Bonchev–Trinajstić information content (AvgIpc) is 2.54. The van der Waals surface area contributed by atoms with Gasteiger partial charge in [-0.25, -0.2) is 4.79 Å². The van der Waals surface area contributed by atoms with Crippen LogP contribution in [0.3, 0.4) is 0 Å². The van der Waals surface area contributed by atoms with Crippen molar-refractivity contribution in [1.82, 2.24) is 10.6 Å². The Labute approximate surface area is 122 Å². The molecule has 0 spiro atoms. The molecule has 0 aromatic heterocycles. The van der Waals surface area contributed by atoms with E-state index in [9.17, 15) is 14.4 Å². The molecule has 0 fully saturated rings. The number of nitrogens with one attached hydrogen (secondary N) is 2.